The van der Waals surface area contributed by atoms with Gasteiger partial charge in [-0.05, 0) is 25.7 Å². The first kappa shape index (κ1) is 17.4. The first-order valence-corrected chi connectivity index (χ1v) is 10.1. The molecule has 7 heteroatoms. The van der Waals surface area contributed by atoms with Gasteiger partial charge in [0.2, 0.25) is 17.5 Å². The van der Waals surface area contributed by atoms with Gasteiger partial charge in [-0.15, -0.1) is 0 Å². The molecule has 0 aliphatic carbocycles. The second kappa shape index (κ2) is 6.44. The summed E-state index contributed by atoms with van der Waals surface area (Å²) >= 11 is 0. The molecule has 0 amide bonds. The van der Waals surface area contributed by atoms with Crippen molar-refractivity contribution >= 4 is 23.4 Å². The Morgan fingerprint density at radius 1 is 0.893 bits per heavy atom. The highest BCUT2D eigenvalue weighted by Gasteiger charge is 2.53. The smallest absolute Gasteiger partial charge is 0.231 e. The minimum absolute atomic E-state index is 0.342. The van der Waals surface area contributed by atoms with Crippen molar-refractivity contribution in [3.63, 3.8) is 0 Å². The van der Waals surface area contributed by atoms with E-state index in [0.29, 0.717) is 28.7 Å². The lowest BCUT2D eigenvalue weighted by Crippen LogP contribution is -2.45. The van der Waals surface area contributed by atoms with Crippen molar-refractivity contribution in [2.45, 2.75) is 31.4 Å². The van der Waals surface area contributed by atoms with E-state index in [4.69, 9.17) is 9.97 Å². The molecule has 1 atom stereocenters. The minimum atomic E-state index is -1.75. The zero-order chi connectivity index (χ0) is 19.3. The molecule has 1 aromatic carbocycles. The van der Waals surface area contributed by atoms with E-state index in [9.17, 15) is 9.90 Å². The molecular weight excluding hydrogens is 354 g/mol. The number of nitrogens with zero attached hydrogens (tertiary/aromatic N) is 5. The summed E-state index contributed by atoms with van der Waals surface area (Å²) in [6.45, 7) is 3.62. The summed E-state index contributed by atoms with van der Waals surface area (Å²) in [5.41, 5.74) is -0.759. The van der Waals surface area contributed by atoms with Gasteiger partial charge in [-0.25, -0.2) is 0 Å². The zero-order valence-corrected chi connectivity index (χ0v) is 16.1. The lowest BCUT2D eigenvalue weighted by atomic mass is 9.97. The monoisotopic (exact) mass is 379 g/mol. The summed E-state index contributed by atoms with van der Waals surface area (Å²) in [5, 5.41) is 11.5. The van der Waals surface area contributed by atoms with Crippen LogP contribution in [0.1, 0.15) is 41.6 Å². The SMILES string of the molecule is CN1c2nc(N3CCCC3)nc(N3CCCC3)c2C(=O)C1(O)c1ccccc1. The average Bonchev–Trinajstić information content (AvgIpc) is 3.48. The van der Waals surface area contributed by atoms with Gasteiger partial charge in [-0.1, -0.05) is 30.3 Å². The molecule has 2 aromatic rings. The summed E-state index contributed by atoms with van der Waals surface area (Å²) in [7, 11) is 1.74. The topological polar surface area (TPSA) is 72.8 Å². The Morgan fingerprint density at radius 2 is 1.46 bits per heavy atom. The zero-order valence-electron chi connectivity index (χ0n) is 16.1. The Morgan fingerprint density at radius 3 is 2.11 bits per heavy atom. The van der Waals surface area contributed by atoms with Crippen molar-refractivity contribution < 1.29 is 9.90 Å². The fraction of sp³-hybridized carbons (Fsp3) is 0.476. The first-order valence-electron chi connectivity index (χ1n) is 10.1. The quantitative estimate of drug-likeness (QED) is 0.876. The van der Waals surface area contributed by atoms with Crippen molar-refractivity contribution in [3.8, 4) is 0 Å². The normalized spacial score (nSPS) is 24.4. The number of benzene rings is 1. The van der Waals surface area contributed by atoms with Crippen molar-refractivity contribution in [3.05, 3.63) is 41.5 Å². The number of likely N-dealkylation sites (N-methyl/N-ethyl adjacent to an activating group) is 1. The predicted molar refractivity (Wildman–Crippen MR) is 108 cm³/mol. The maximum absolute atomic E-state index is 13.5. The molecular formula is C21H25N5O2. The summed E-state index contributed by atoms with van der Waals surface area (Å²) in [4.78, 5) is 29.1. The average molecular weight is 379 g/mol. The van der Waals surface area contributed by atoms with Crippen LogP contribution in [0.3, 0.4) is 0 Å². The summed E-state index contributed by atoms with van der Waals surface area (Å²) in [6.07, 6.45) is 4.43. The Balaban J connectivity index is 1.68. The highest BCUT2D eigenvalue weighted by Crippen LogP contribution is 2.45. The van der Waals surface area contributed by atoms with E-state index in [0.717, 1.165) is 51.9 Å². The van der Waals surface area contributed by atoms with Crippen LogP contribution in [0.25, 0.3) is 0 Å². The van der Waals surface area contributed by atoms with Gasteiger partial charge in [0.25, 0.3) is 0 Å². The molecule has 0 spiro atoms. The molecule has 28 heavy (non-hydrogen) atoms. The van der Waals surface area contributed by atoms with Gasteiger partial charge < -0.3 is 19.8 Å². The molecule has 3 aliphatic heterocycles. The summed E-state index contributed by atoms with van der Waals surface area (Å²) in [5.74, 6) is 1.52. The fourth-order valence-electron chi connectivity index (χ4n) is 4.56. The lowest BCUT2D eigenvalue weighted by molar-refractivity contribution is 0.0352. The van der Waals surface area contributed by atoms with Gasteiger partial charge in [-0.2, -0.15) is 9.97 Å². The Kier molecular flexibility index (Phi) is 4.01. The van der Waals surface area contributed by atoms with Crippen molar-refractivity contribution in [1.82, 2.24) is 9.97 Å². The van der Waals surface area contributed by atoms with Crippen molar-refractivity contribution in [1.29, 1.82) is 0 Å². The third-order valence-electron chi connectivity index (χ3n) is 6.18. The summed E-state index contributed by atoms with van der Waals surface area (Å²) < 4.78 is 0. The molecule has 1 N–H and O–H groups in total. The van der Waals surface area contributed by atoms with Crippen LogP contribution in [-0.2, 0) is 5.72 Å². The van der Waals surface area contributed by atoms with Crippen molar-refractivity contribution in [2.75, 3.05) is 47.9 Å². The molecule has 5 rings (SSSR count). The van der Waals surface area contributed by atoms with Crippen LogP contribution >= 0.6 is 0 Å². The molecule has 146 valence electrons. The number of aliphatic hydroxyl groups is 1. The number of Topliss-reactive ketones (excluding diaryl/α,β-unsaturated/α-hetero) is 1. The molecule has 0 saturated carbocycles. The fourth-order valence-corrected chi connectivity index (χ4v) is 4.56. The second-order valence-electron chi connectivity index (χ2n) is 7.86. The standard InChI is InChI=1S/C21H25N5O2/c1-24-18-16(17(27)21(24,28)15-9-3-2-4-10-15)19(25-11-5-6-12-25)23-20(22-18)26-13-7-8-14-26/h2-4,9-10,28H,5-8,11-14H2,1H3. The molecule has 1 unspecified atom stereocenters. The number of rotatable bonds is 3. The molecule has 4 heterocycles. The number of aromatic nitrogens is 2. The maximum Gasteiger partial charge on any atom is 0.231 e. The molecule has 0 bridgehead atoms. The number of carbonyl (C=O) groups is 1. The van der Waals surface area contributed by atoms with Gasteiger partial charge in [0.05, 0.1) is 0 Å². The number of ketones is 1. The van der Waals surface area contributed by atoms with Crippen LogP contribution in [0.15, 0.2) is 30.3 Å². The first-order chi connectivity index (χ1) is 13.6. The Bertz CT molecular complexity index is 907. The minimum Gasteiger partial charge on any atom is -0.361 e. The van der Waals surface area contributed by atoms with Gasteiger partial charge >= 0.3 is 0 Å². The number of fused-ring (bicyclic) bond motifs is 1. The van der Waals surface area contributed by atoms with E-state index < -0.39 is 5.72 Å². The van der Waals surface area contributed by atoms with Crippen LogP contribution in [0, 0.1) is 0 Å². The van der Waals surface area contributed by atoms with Gasteiger partial charge in [0, 0.05) is 38.8 Å². The van der Waals surface area contributed by atoms with E-state index in [2.05, 4.69) is 9.80 Å². The molecule has 1 aromatic heterocycles. The Hall–Kier alpha value is -2.67. The predicted octanol–water partition coefficient (Wildman–Crippen LogP) is 2.15. The number of carbonyl (C=O) groups excluding carboxylic acids is 1. The van der Waals surface area contributed by atoms with E-state index in [1.807, 2.05) is 18.2 Å². The number of anilines is 3. The molecule has 0 radical (unpaired) electrons. The third kappa shape index (κ3) is 2.42. The van der Waals surface area contributed by atoms with Crippen LogP contribution in [-0.4, -0.2) is 54.1 Å². The van der Waals surface area contributed by atoms with E-state index in [1.165, 1.54) is 0 Å². The van der Waals surface area contributed by atoms with E-state index >= 15 is 0 Å². The lowest BCUT2D eigenvalue weighted by Gasteiger charge is -2.30. The van der Waals surface area contributed by atoms with Gasteiger partial charge in [-0.3, -0.25) is 4.79 Å². The molecule has 7 nitrogen and oxygen atoms in total. The van der Waals surface area contributed by atoms with E-state index in [1.54, 1.807) is 24.1 Å². The van der Waals surface area contributed by atoms with Crippen LogP contribution in [0.2, 0.25) is 0 Å². The highest BCUT2D eigenvalue weighted by atomic mass is 16.3. The van der Waals surface area contributed by atoms with Gasteiger partial charge in [0.1, 0.15) is 17.2 Å². The molecule has 2 fully saturated rings. The highest BCUT2D eigenvalue weighted by molar-refractivity contribution is 6.15. The maximum atomic E-state index is 13.5. The van der Waals surface area contributed by atoms with Crippen LogP contribution in [0.5, 0.6) is 0 Å². The number of hydrogen-bond donors (Lipinski definition) is 1. The van der Waals surface area contributed by atoms with Crippen LogP contribution < -0.4 is 14.7 Å². The largest absolute Gasteiger partial charge is 0.361 e. The second-order valence-corrected chi connectivity index (χ2v) is 7.86. The van der Waals surface area contributed by atoms with Crippen LogP contribution in [0.4, 0.5) is 17.6 Å². The summed E-state index contributed by atoms with van der Waals surface area (Å²) in [6, 6.07) is 9.11. The van der Waals surface area contributed by atoms with Crippen molar-refractivity contribution in [2.24, 2.45) is 0 Å². The third-order valence-corrected chi connectivity index (χ3v) is 6.18. The van der Waals surface area contributed by atoms with E-state index in [-0.39, 0.29) is 5.78 Å². The number of hydrogen-bond acceptors (Lipinski definition) is 7. The molecule has 2 saturated heterocycles. The Labute approximate surface area is 164 Å². The van der Waals surface area contributed by atoms with Gasteiger partial charge in [0.15, 0.2) is 0 Å². The molecule has 3 aliphatic rings.